The molecule has 0 N–H and O–H groups in total. The van der Waals surface area contributed by atoms with Crippen LogP contribution < -0.4 is 5.19 Å². The van der Waals surface area contributed by atoms with Crippen molar-refractivity contribution in [2.45, 2.75) is 52.8 Å². The molecule has 0 unspecified atom stereocenters. The average Bonchev–Trinajstić information content (AvgIpc) is 2.44. The molecular weight excluding hydrogens is 356 g/mol. The first kappa shape index (κ1) is 20.3. The first-order valence-corrected chi connectivity index (χ1v) is 18.1. The minimum absolute atomic E-state index is 1.27. The second-order valence-electron chi connectivity index (χ2n) is 8.57. The summed E-state index contributed by atoms with van der Waals surface area (Å²) in [5.74, 6) is 0. The summed E-state index contributed by atoms with van der Waals surface area (Å²) < 4.78 is 13.2. The smallest absolute Gasteiger partial charge is 0.311 e. The van der Waals surface area contributed by atoms with Crippen molar-refractivity contribution < 1.29 is 8.23 Å². The Hall–Kier alpha value is -0.989. The van der Waals surface area contributed by atoms with Gasteiger partial charge in [0.05, 0.1) is 0 Å². The van der Waals surface area contributed by atoms with Gasteiger partial charge in [0.25, 0.3) is 0 Å². The maximum Gasteiger partial charge on any atom is 0.311 e. The van der Waals surface area contributed by atoms with Crippen LogP contribution in [0.3, 0.4) is 0 Å². The molecule has 0 amide bonds. The zero-order chi connectivity index (χ0) is 18.9. The normalized spacial score (nSPS) is 13.1. The van der Waals surface area contributed by atoms with E-state index >= 15 is 0 Å². The van der Waals surface area contributed by atoms with E-state index in [1.165, 1.54) is 21.9 Å². The fourth-order valence-corrected chi connectivity index (χ4v) is 17.0. The predicted octanol–water partition coefficient (Wildman–Crippen LogP) is 5.64. The van der Waals surface area contributed by atoms with Crippen molar-refractivity contribution in [3.05, 3.63) is 54.1 Å². The number of benzene rings is 2. The van der Waals surface area contributed by atoms with Crippen LogP contribution in [0, 0.1) is 6.92 Å². The minimum Gasteiger partial charge on any atom is -0.437 e. The molecule has 25 heavy (non-hydrogen) atoms. The molecule has 0 heterocycles. The second-order valence-corrected chi connectivity index (χ2v) is 20.8. The predicted molar refractivity (Wildman–Crippen MR) is 117 cm³/mol. The van der Waals surface area contributed by atoms with Crippen molar-refractivity contribution in [2.75, 3.05) is 0 Å². The van der Waals surface area contributed by atoms with Crippen LogP contribution >= 0.6 is 0 Å². The molecule has 0 spiro atoms. The van der Waals surface area contributed by atoms with Crippen LogP contribution in [0.5, 0.6) is 0 Å². The van der Waals surface area contributed by atoms with E-state index < -0.39 is 25.2 Å². The van der Waals surface area contributed by atoms with E-state index in [9.17, 15) is 0 Å². The molecule has 2 nitrogen and oxygen atoms in total. The lowest BCUT2D eigenvalue weighted by Crippen LogP contribution is -2.57. The Morgan fingerprint density at radius 3 is 1.84 bits per heavy atom. The Bertz CT molecular complexity index is 719. The maximum atomic E-state index is 6.75. The molecule has 0 fully saturated rings. The fourth-order valence-electron chi connectivity index (χ4n) is 3.65. The molecule has 0 radical (unpaired) electrons. The zero-order valence-corrected chi connectivity index (χ0v) is 19.9. The SMILES string of the molecule is Cc1c(-c2ccccc2)cccc1[Si](C)(C)O[Si](C)(C)O[Si](C)(C)C. The first-order valence-electron chi connectivity index (χ1n) is 8.97. The van der Waals surface area contributed by atoms with Crippen molar-refractivity contribution in [2.24, 2.45) is 0 Å². The molecule has 0 aromatic heterocycles. The summed E-state index contributed by atoms with van der Waals surface area (Å²) >= 11 is 0. The molecule has 2 rings (SSSR count). The summed E-state index contributed by atoms with van der Waals surface area (Å²) in [6.45, 7) is 17.9. The molecule has 0 aliphatic rings. The van der Waals surface area contributed by atoms with E-state index in [1.54, 1.807) is 0 Å². The molecule has 0 saturated heterocycles. The van der Waals surface area contributed by atoms with Crippen molar-refractivity contribution in [1.82, 2.24) is 0 Å². The van der Waals surface area contributed by atoms with E-state index in [0.717, 1.165) is 0 Å². The first-order chi connectivity index (χ1) is 11.4. The largest absolute Gasteiger partial charge is 0.437 e. The van der Waals surface area contributed by atoms with Gasteiger partial charge in [0.1, 0.15) is 0 Å². The highest BCUT2D eigenvalue weighted by Crippen LogP contribution is 2.26. The third-order valence-corrected chi connectivity index (χ3v) is 14.4. The van der Waals surface area contributed by atoms with Crippen molar-refractivity contribution in [1.29, 1.82) is 0 Å². The van der Waals surface area contributed by atoms with Gasteiger partial charge in [-0.1, -0.05) is 48.5 Å². The quantitative estimate of drug-likeness (QED) is 0.596. The van der Waals surface area contributed by atoms with Gasteiger partial charge in [0, 0.05) is 0 Å². The summed E-state index contributed by atoms with van der Waals surface area (Å²) in [5, 5.41) is 1.37. The van der Waals surface area contributed by atoms with Gasteiger partial charge in [-0.15, -0.1) is 0 Å². The number of rotatable bonds is 6. The molecule has 5 heteroatoms. The molecular formula is C20H32O2Si3. The molecule has 2 aromatic carbocycles. The lowest BCUT2D eigenvalue weighted by molar-refractivity contribution is 0.398. The Labute approximate surface area is 156 Å². The molecule has 0 aliphatic carbocycles. The molecule has 0 aliphatic heterocycles. The van der Waals surface area contributed by atoms with Gasteiger partial charge in [-0.2, -0.15) is 0 Å². The monoisotopic (exact) mass is 388 g/mol. The number of hydrogen-bond donors (Lipinski definition) is 0. The maximum absolute atomic E-state index is 6.75. The summed E-state index contributed by atoms with van der Waals surface area (Å²) in [7, 11) is -5.83. The zero-order valence-electron chi connectivity index (χ0n) is 16.9. The minimum atomic E-state index is -2.15. The van der Waals surface area contributed by atoms with Crippen LogP contribution in [0.2, 0.25) is 45.8 Å². The van der Waals surface area contributed by atoms with Gasteiger partial charge in [0.15, 0.2) is 8.32 Å². The summed E-state index contributed by atoms with van der Waals surface area (Å²) in [6, 6.07) is 17.2. The standard InChI is InChI=1S/C20H32O2Si3/c1-17-19(18-13-10-9-11-14-18)15-12-16-20(17)24(5,6)22-25(7,8)21-23(2,3)4/h9-16H,1-8H3. The van der Waals surface area contributed by atoms with Crippen molar-refractivity contribution >= 4 is 30.4 Å². The van der Waals surface area contributed by atoms with Gasteiger partial charge in [-0.25, -0.2) is 0 Å². The van der Waals surface area contributed by atoms with Crippen LogP contribution in [0.1, 0.15) is 5.56 Å². The van der Waals surface area contributed by atoms with Crippen LogP contribution in [-0.2, 0) is 8.23 Å². The van der Waals surface area contributed by atoms with E-state index in [-0.39, 0.29) is 0 Å². The topological polar surface area (TPSA) is 18.5 Å². The molecule has 136 valence electrons. The highest BCUT2D eigenvalue weighted by atomic mass is 28.5. The van der Waals surface area contributed by atoms with E-state index in [4.69, 9.17) is 8.23 Å². The van der Waals surface area contributed by atoms with Gasteiger partial charge < -0.3 is 8.23 Å². The van der Waals surface area contributed by atoms with Gasteiger partial charge in [-0.05, 0) is 74.6 Å². The Kier molecular flexibility index (Phi) is 5.96. The average molecular weight is 389 g/mol. The summed E-state index contributed by atoms with van der Waals surface area (Å²) in [5.41, 5.74) is 3.90. The molecule has 2 aromatic rings. The van der Waals surface area contributed by atoms with Crippen LogP contribution in [0.15, 0.2) is 48.5 Å². The lowest BCUT2D eigenvalue weighted by atomic mass is 10.0. The van der Waals surface area contributed by atoms with Gasteiger partial charge in [-0.3, -0.25) is 0 Å². The molecule has 0 saturated carbocycles. The van der Waals surface area contributed by atoms with Crippen LogP contribution in [0.4, 0.5) is 0 Å². The Morgan fingerprint density at radius 2 is 1.28 bits per heavy atom. The lowest BCUT2D eigenvalue weighted by Gasteiger charge is -2.38. The van der Waals surface area contributed by atoms with Crippen molar-refractivity contribution in [3.8, 4) is 11.1 Å². The van der Waals surface area contributed by atoms with E-state index in [0.29, 0.717) is 0 Å². The third-order valence-electron chi connectivity index (χ3n) is 4.12. The Morgan fingerprint density at radius 1 is 0.680 bits per heavy atom. The van der Waals surface area contributed by atoms with E-state index in [1.807, 2.05) is 0 Å². The van der Waals surface area contributed by atoms with Crippen LogP contribution in [0.25, 0.3) is 11.1 Å². The molecule has 0 bridgehead atoms. The Balaban J connectivity index is 2.37. The highest BCUT2D eigenvalue weighted by Gasteiger charge is 2.39. The highest BCUT2D eigenvalue weighted by molar-refractivity contribution is 6.93. The third kappa shape index (κ3) is 5.49. The summed E-state index contributed by atoms with van der Waals surface area (Å²) in [6.07, 6.45) is 0. The molecule has 0 atom stereocenters. The van der Waals surface area contributed by atoms with Crippen molar-refractivity contribution in [3.63, 3.8) is 0 Å². The fraction of sp³-hybridized carbons (Fsp3) is 0.400. The van der Waals surface area contributed by atoms with Gasteiger partial charge >= 0.3 is 8.56 Å². The van der Waals surface area contributed by atoms with Gasteiger partial charge in [0.2, 0.25) is 8.32 Å². The van der Waals surface area contributed by atoms with E-state index in [2.05, 4.69) is 101 Å². The van der Waals surface area contributed by atoms with Crippen LogP contribution in [-0.4, -0.2) is 25.2 Å². The number of hydrogen-bond acceptors (Lipinski definition) is 2. The second kappa shape index (κ2) is 7.33. The summed E-state index contributed by atoms with van der Waals surface area (Å²) in [4.78, 5) is 0.